The van der Waals surface area contributed by atoms with Crippen LogP contribution >= 0.6 is 11.6 Å². The lowest BCUT2D eigenvalue weighted by molar-refractivity contribution is -0.166. The van der Waals surface area contributed by atoms with E-state index in [1.165, 1.54) is 0 Å². The van der Waals surface area contributed by atoms with Gasteiger partial charge in [-0.2, -0.15) is 44.6 Å². The summed E-state index contributed by atoms with van der Waals surface area (Å²) in [6.07, 6.45) is -16.1. The van der Waals surface area contributed by atoms with Gasteiger partial charge in [0.05, 0.1) is 16.8 Å². The number of azo groups is 1. The first-order valence-electron chi connectivity index (χ1n) is 8.02. The van der Waals surface area contributed by atoms with Crippen molar-refractivity contribution in [2.75, 3.05) is 0 Å². The van der Waals surface area contributed by atoms with E-state index in [0.717, 1.165) is 24.3 Å². The van der Waals surface area contributed by atoms with Crippen molar-refractivity contribution in [3.8, 4) is 0 Å². The number of nitrogens with zero attached hydrogens (tertiary/aromatic N) is 2. The molecule has 0 radical (unpaired) electrons. The lowest BCUT2D eigenvalue weighted by Gasteiger charge is -2.12. The van der Waals surface area contributed by atoms with E-state index in [9.17, 15) is 49.4 Å². The van der Waals surface area contributed by atoms with Crippen LogP contribution in [0.2, 0.25) is 5.02 Å². The summed E-state index contributed by atoms with van der Waals surface area (Å²) in [4.78, 5) is 11.6. The number of ketones is 1. The molecule has 0 saturated carbocycles. The minimum atomic E-state index is -5.60. The van der Waals surface area contributed by atoms with Crippen LogP contribution in [0.4, 0.5) is 45.2 Å². The molecule has 2 rings (SSSR count). The molecular formula is C18H8ClF9N2O2. The fourth-order valence-corrected chi connectivity index (χ4v) is 2.31. The molecule has 4 nitrogen and oxygen atoms in total. The molecule has 0 heterocycles. The number of Topliss-reactive ketones (excluding diaryl/α,β-unsaturated/α-hetero) is 1. The normalized spacial score (nSPS) is 13.9. The quantitative estimate of drug-likeness (QED) is 0.208. The van der Waals surface area contributed by atoms with Gasteiger partial charge in [0.2, 0.25) is 0 Å². The Kier molecular flexibility index (Phi) is 6.93. The number of rotatable bonds is 4. The van der Waals surface area contributed by atoms with Crippen molar-refractivity contribution in [1.82, 2.24) is 0 Å². The molecule has 0 spiro atoms. The number of allylic oxidation sites excluding steroid dienone is 1. The van der Waals surface area contributed by atoms with E-state index >= 15 is 0 Å². The second-order valence-electron chi connectivity index (χ2n) is 6.00. The minimum absolute atomic E-state index is 0.0771. The zero-order valence-electron chi connectivity index (χ0n) is 15.1. The Labute approximate surface area is 177 Å². The minimum Gasteiger partial charge on any atom is -0.505 e. The predicted molar refractivity (Wildman–Crippen MR) is 93.0 cm³/mol. The highest BCUT2D eigenvalue weighted by Crippen LogP contribution is 2.38. The van der Waals surface area contributed by atoms with Gasteiger partial charge in [-0.3, -0.25) is 4.79 Å². The highest BCUT2D eigenvalue weighted by Gasteiger charge is 2.43. The summed E-state index contributed by atoms with van der Waals surface area (Å²) in [5.41, 5.74) is -6.94. The number of halogens is 10. The van der Waals surface area contributed by atoms with Gasteiger partial charge in [0.1, 0.15) is 0 Å². The molecule has 32 heavy (non-hydrogen) atoms. The van der Waals surface area contributed by atoms with Crippen molar-refractivity contribution in [2.24, 2.45) is 10.2 Å². The van der Waals surface area contributed by atoms with Crippen LogP contribution in [0.3, 0.4) is 0 Å². The number of aliphatic hydroxyl groups is 1. The maximum atomic E-state index is 12.9. The average Bonchev–Trinajstić information content (AvgIpc) is 2.66. The SMILES string of the molecule is O=C(C(N=Nc1cc(C(F)(F)F)cc(C(F)(F)F)c1)=C(O)c1ccc(Cl)cc1)C(F)(F)F. The maximum absolute atomic E-state index is 12.9. The number of benzene rings is 2. The molecule has 1 N–H and O–H groups in total. The highest BCUT2D eigenvalue weighted by molar-refractivity contribution is 6.30. The van der Waals surface area contributed by atoms with Gasteiger partial charge >= 0.3 is 18.5 Å². The van der Waals surface area contributed by atoms with Crippen LogP contribution in [-0.2, 0) is 17.1 Å². The van der Waals surface area contributed by atoms with E-state index in [1.807, 2.05) is 0 Å². The third kappa shape index (κ3) is 6.22. The average molecular weight is 491 g/mol. The summed E-state index contributed by atoms with van der Waals surface area (Å²) < 4.78 is 116. The van der Waals surface area contributed by atoms with Gasteiger partial charge < -0.3 is 5.11 Å². The molecule has 0 aliphatic rings. The number of carbonyl (C=O) groups is 1. The second-order valence-corrected chi connectivity index (χ2v) is 6.43. The van der Waals surface area contributed by atoms with Crippen molar-refractivity contribution in [1.29, 1.82) is 0 Å². The largest absolute Gasteiger partial charge is 0.505 e. The number of hydrogen-bond donors (Lipinski definition) is 1. The van der Waals surface area contributed by atoms with E-state index < -0.39 is 58.1 Å². The van der Waals surface area contributed by atoms with Crippen molar-refractivity contribution >= 4 is 28.8 Å². The third-order valence-electron chi connectivity index (χ3n) is 3.65. The van der Waals surface area contributed by atoms with E-state index in [1.54, 1.807) is 0 Å². The maximum Gasteiger partial charge on any atom is 0.456 e. The highest BCUT2D eigenvalue weighted by atomic mass is 35.5. The summed E-state index contributed by atoms with van der Waals surface area (Å²) in [5.74, 6) is -4.12. The monoisotopic (exact) mass is 490 g/mol. The topological polar surface area (TPSA) is 62.0 Å². The fraction of sp³-hybridized carbons (Fsp3) is 0.167. The van der Waals surface area contributed by atoms with Crippen molar-refractivity contribution in [3.63, 3.8) is 0 Å². The van der Waals surface area contributed by atoms with Crippen LogP contribution < -0.4 is 0 Å². The van der Waals surface area contributed by atoms with Crippen LogP contribution in [0.1, 0.15) is 16.7 Å². The summed E-state index contributed by atoms with van der Waals surface area (Å²) >= 11 is 5.61. The van der Waals surface area contributed by atoms with E-state index in [4.69, 9.17) is 11.6 Å². The Balaban J connectivity index is 2.66. The summed E-state index contributed by atoms with van der Waals surface area (Å²) in [6.45, 7) is 0. The van der Waals surface area contributed by atoms with Crippen LogP contribution in [0.25, 0.3) is 5.76 Å². The Morgan fingerprint density at radius 1 is 0.812 bits per heavy atom. The Morgan fingerprint density at radius 3 is 1.69 bits per heavy atom. The first kappa shape index (κ1) is 25.2. The molecule has 0 unspecified atom stereocenters. The smallest absolute Gasteiger partial charge is 0.456 e. The molecule has 0 aliphatic heterocycles. The molecule has 0 atom stereocenters. The number of hydrogen-bond acceptors (Lipinski definition) is 4. The molecule has 0 fully saturated rings. The molecule has 0 aliphatic carbocycles. The van der Waals surface area contributed by atoms with Gasteiger partial charge in [-0.15, -0.1) is 5.11 Å². The Morgan fingerprint density at radius 2 is 1.28 bits per heavy atom. The predicted octanol–water partition coefficient (Wildman–Crippen LogP) is 7.52. The van der Waals surface area contributed by atoms with E-state index in [-0.39, 0.29) is 23.2 Å². The van der Waals surface area contributed by atoms with Crippen molar-refractivity contribution < 1.29 is 49.4 Å². The molecule has 2 aromatic carbocycles. The van der Waals surface area contributed by atoms with Gasteiger partial charge in [-0.25, -0.2) is 0 Å². The van der Waals surface area contributed by atoms with Crippen LogP contribution in [0, 0.1) is 0 Å². The third-order valence-corrected chi connectivity index (χ3v) is 3.90. The Hall–Kier alpha value is -3.09. The number of carbonyl (C=O) groups excluding carboxylic acids is 1. The molecule has 0 aromatic heterocycles. The lowest BCUT2D eigenvalue weighted by atomic mass is 10.1. The van der Waals surface area contributed by atoms with Crippen LogP contribution in [0.15, 0.2) is 58.4 Å². The molecule has 0 amide bonds. The first-order chi connectivity index (χ1) is 14.5. The van der Waals surface area contributed by atoms with Gasteiger partial charge in [0.25, 0.3) is 5.78 Å². The standard InChI is InChI=1S/C18H8ClF9N2O2/c19-11-3-1-8(2-4-11)14(31)13(15(32)18(26,27)28)30-29-12-6-9(16(20,21)22)5-10(7-12)17(23,24)25/h1-7,31H. The molecule has 14 heteroatoms. The molecule has 0 bridgehead atoms. The van der Waals surface area contributed by atoms with Gasteiger partial charge in [-0.1, -0.05) is 11.6 Å². The van der Waals surface area contributed by atoms with Gasteiger partial charge in [0, 0.05) is 10.6 Å². The molecule has 0 saturated heterocycles. The number of aliphatic hydroxyl groups excluding tert-OH is 1. The number of alkyl halides is 9. The van der Waals surface area contributed by atoms with Gasteiger partial charge in [-0.05, 0) is 42.5 Å². The Bertz CT molecular complexity index is 1040. The zero-order valence-corrected chi connectivity index (χ0v) is 15.8. The van der Waals surface area contributed by atoms with E-state index in [2.05, 4.69) is 10.2 Å². The summed E-state index contributed by atoms with van der Waals surface area (Å²) in [7, 11) is 0. The molecular weight excluding hydrogens is 483 g/mol. The van der Waals surface area contributed by atoms with Crippen LogP contribution in [0.5, 0.6) is 0 Å². The van der Waals surface area contributed by atoms with Gasteiger partial charge in [0.15, 0.2) is 11.5 Å². The van der Waals surface area contributed by atoms with Crippen LogP contribution in [-0.4, -0.2) is 17.1 Å². The zero-order chi connectivity index (χ0) is 24.5. The second kappa shape index (κ2) is 8.81. The fourth-order valence-electron chi connectivity index (χ4n) is 2.18. The first-order valence-corrected chi connectivity index (χ1v) is 8.40. The van der Waals surface area contributed by atoms with Crippen molar-refractivity contribution in [3.05, 3.63) is 69.9 Å². The molecule has 172 valence electrons. The van der Waals surface area contributed by atoms with E-state index in [0.29, 0.717) is 0 Å². The summed E-state index contributed by atoms with van der Waals surface area (Å²) in [5, 5.41) is 15.9. The summed E-state index contributed by atoms with van der Waals surface area (Å²) in [6, 6.07) is 4.15. The lowest BCUT2D eigenvalue weighted by Crippen LogP contribution is -2.24. The van der Waals surface area contributed by atoms with Crippen molar-refractivity contribution in [2.45, 2.75) is 18.5 Å². The molecule has 2 aromatic rings.